The Hall–Kier alpha value is -0.420. The summed E-state index contributed by atoms with van der Waals surface area (Å²) in [6.45, 7) is 4.21. The molecule has 0 atom stereocenters. The van der Waals surface area contributed by atoms with Crippen molar-refractivity contribution in [3.05, 3.63) is 68.1 Å². The van der Waals surface area contributed by atoms with Crippen LogP contribution in [0.3, 0.4) is 0 Å². The highest BCUT2D eigenvalue weighted by molar-refractivity contribution is 8.21. The molecule has 2 aromatic carbocycles. The number of aryl methyl sites for hydroxylation is 2. The Labute approximate surface area is 140 Å². The molecule has 2 rings (SSSR count). The van der Waals surface area contributed by atoms with Gasteiger partial charge in [-0.2, -0.15) is 0 Å². The highest BCUT2D eigenvalue weighted by Crippen LogP contribution is 2.41. The molecule has 4 heteroatoms. The minimum Gasteiger partial charge on any atom is -0.135 e. The molecule has 2 aromatic rings. The number of thioether (sulfide) groups is 2. The molecule has 0 aromatic heterocycles. The van der Waals surface area contributed by atoms with Gasteiger partial charge in [0.25, 0.3) is 0 Å². The van der Waals surface area contributed by atoms with Crippen LogP contribution < -0.4 is 0 Å². The van der Waals surface area contributed by atoms with Gasteiger partial charge < -0.3 is 0 Å². The molecule has 0 unspecified atom stereocenters. The second-order valence-electron chi connectivity index (χ2n) is 4.35. The van der Waals surface area contributed by atoms with E-state index in [0.29, 0.717) is 0 Å². The molecule has 0 spiro atoms. The van der Waals surface area contributed by atoms with E-state index >= 15 is 0 Å². The Morgan fingerprint density at radius 1 is 0.700 bits per heavy atom. The fraction of sp³-hybridized carbons (Fsp3) is 0.125. The van der Waals surface area contributed by atoms with Crippen molar-refractivity contribution in [2.45, 2.75) is 23.6 Å². The van der Waals surface area contributed by atoms with Gasteiger partial charge in [-0.15, -0.1) is 25.3 Å². The van der Waals surface area contributed by atoms with Crippen LogP contribution in [0.25, 0.3) is 0 Å². The van der Waals surface area contributed by atoms with Crippen LogP contribution in [0.15, 0.2) is 66.8 Å². The van der Waals surface area contributed by atoms with E-state index in [0.717, 1.165) is 8.47 Å². The number of benzene rings is 2. The Morgan fingerprint density at radius 3 is 1.40 bits per heavy atom. The van der Waals surface area contributed by atoms with Crippen LogP contribution in [0.4, 0.5) is 0 Å². The first-order chi connectivity index (χ1) is 9.58. The lowest BCUT2D eigenvalue weighted by molar-refractivity contribution is 1.31. The molecular weight excluding hydrogens is 320 g/mol. The van der Waals surface area contributed by atoms with Crippen molar-refractivity contribution in [2.24, 2.45) is 0 Å². The van der Waals surface area contributed by atoms with Crippen molar-refractivity contribution < 1.29 is 0 Å². The maximum Gasteiger partial charge on any atom is 0.0621 e. The van der Waals surface area contributed by atoms with Gasteiger partial charge in [-0.05, 0) is 37.1 Å². The minimum atomic E-state index is 0.927. The molecule has 0 amide bonds. The van der Waals surface area contributed by atoms with Crippen molar-refractivity contribution in [1.82, 2.24) is 0 Å². The molecule has 0 N–H and O–H groups in total. The van der Waals surface area contributed by atoms with Crippen LogP contribution >= 0.6 is 48.8 Å². The molecule has 0 radical (unpaired) electrons. The van der Waals surface area contributed by atoms with E-state index in [1.165, 1.54) is 20.9 Å². The van der Waals surface area contributed by atoms with E-state index in [-0.39, 0.29) is 0 Å². The molecule has 0 fully saturated rings. The zero-order valence-corrected chi connectivity index (χ0v) is 14.8. The van der Waals surface area contributed by atoms with Gasteiger partial charge in [0.15, 0.2) is 0 Å². The highest BCUT2D eigenvalue weighted by atomic mass is 32.2. The summed E-state index contributed by atoms with van der Waals surface area (Å²) in [4.78, 5) is 2.43. The third kappa shape index (κ3) is 4.29. The number of thiol groups is 2. The van der Waals surface area contributed by atoms with Gasteiger partial charge in [0, 0.05) is 9.79 Å². The van der Waals surface area contributed by atoms with Gasteiger partial charge in [0.05, 0.1) is 8.47 Å². The van der Waals surface area contributed by atoms with E-state index in [9.17, 15) is 0 Å². The van der Waals surface area contributed by atoms with Gasteiger partial charge in [0.2, 0.25) is 0 Å². The van der Waals surface area contributed by atoms with Crippen LogP contribution in [-0.4, -0.2) is 0 Å². The maximum absolute atomic E-state index is 4.59. The summed E-state index contributed by atoms with van der Waals surface area (Å²) in [5.74, 6) is 0. The lowest BCUT2D eigenvalue weighted by Gasteiger charge is -2.09. The number of hydrogen-bond donors (Lipinski definition) is 2. The third-order valence-corrected chi connectivity index (χ3v) is 6.54. The Bertz CT molecular complexity index is 576. The van der Waals surface area contributed by atoms with Gasteiger partial charge >= 0.3 is 0 Å². The fourth-order valence-electron chi connectivity index (χ4n) is 1.64. The second-order valence-corrected chi connectivity index (χ2v) is 7.95. The Morgan fingerprint density at radius 2 is 1.05 bits per heavy atom. The SMILES string of the molecule is Cc1ccccc1SC(S)=C(S)Sc1ccccc1C. The summed E-state index contributed by atoms with van der Waals surface area (Å²) >= 11 is 12.5. The topological polar surface area (TPSA) is 0 Å². The van der Waals surface area contributed by atoms with Gasteiger partial charge in [-0.1, -0.05) is 59.9 Å². The number of rotatable bonds is 4. The molecule has 0 aliphatic rings. The van der Waals surface area contributed by atoms with Crippen molar-refractivity contribution in [2.75, 3.05) is 0 Å². The molecular formula is C16H16S4. The van der Waals surface area contributed by atoms with E-state index in [1.54, 1.807) is 23.5 Å². The Kier molecular flexibility index (Phi) is 6.02. The summed E-state index contributed by atoms with van der Waals surface area (Å²) in [7, 11) is 0. The van der Waals surface area contributed by atoms with Crippen LogP contribution in [0, 0.1) is 13.8 Å². The van der Waals surface area contributed by atoms with Crippen LogP contribution in [-0.2, 0) is 0 Å². The van der Waals surface area contributed by atoms with Crippen LogP contribution in [0.2, 0.25) is 0 Å². The molecule has 104 valence electrons. The predicted molar refractivity (Wildman–Crippen MR) is 99.1 cm³/mol. The average Bonchev–Trinajstić information content (AvgIpc) is 2.43. The van der Waals surface area contributed by atoms with Crippen LogP contribution in [0.1, 0.15) is 11.1 Å². The standard InChI is InChI=1S/C16H16S4/c1-11-7-3-5-9-13(11)19-15(17)16(18)20-14-10-6-4-8-12(14)2/h3-10,17-18H,1-2H3. The minimum absolute atomic E-state index is 0.927. The summed E-state index contributed by atoms with van der Waals surface area (Å²) in [6.07, 6.45) is 0. The van der Waals surface area contributed by atoms with Gasteiger partial charge in [-0.25, -0.2) is 0 Å². The summed E-state index contributed by atoms with van der Waals surface area (Å²) in [5.41, 5.74) is 2.51. The van der Waals surface area contributed by atoms with Gasteiger partial charge in [-0.3, -0.25) is 0 Å². The molecule has 0 nitrogen and oxygen atoms in total. The largest absolute Gasteiger partial charge is 0.135 e. The monoisotopic (exact) mass is 336 g/mol. The number of hydrogen-bond acceptors (Lipinski definition) is 4. The summed E-state index contributed by atoms with van der Waals surface area (Å²) in [5, 5.41) is 0. The van der Waals surface area contributed by atoms with Crippen LogP contribution in [0.5, 0.6) is 0 Å². The third-order valence-electron chi connectivity index (χ3n) is 2.78. The quantitative estimate of drug-likeness (QED) is 0.506. The first kappa shape index (κ1) is 16.0. The smallest absolute Gasteiger partial charge is 0.0621 e. The fourth-order valence-corrected chi connectivity index (χ4v) is 4.09. The zero-order chi connectivity index (χ0) is 14.5. The Balaban J connectivity index is 2.16. The normalized spacial score (nSPS) is 12.2. The van der Waals surface area contributed by atoms with E-state index in [2.05, 4.69) is 63.4 Å². The van der Waals surface area contributed by atoms with Crippen molar-refractivity contribution in [3.63, 3.8) is 0 Å². The van der Waals surface area contributed by atoms with E-state index in [4.69, 9.17) is 0 Å². The molecule has 0 aliphatic carbocycles. The molecule has 0 bridgehead atoms. The molecule has 0 saturated heterocycles. The molecule has 20 heavy (non-hydrogen) atoms. The highest BCUT2D eigenvalue weighted by Gasteiger charge is 2.07. The maximum atomic E-state index is 4.59. The lowest BCUT2D eigenvalue weighted by atomic mass is 10.2. The summed E-state index contributed by atoms with van der Waals surface area (Å²) < 4.78 is 1.85. The second kappa shape index (κ2) is 7.55. The van der Waals surface area contributed by atoms with Crippen molar-refractivity contribution in [1.29, 1.82) is 0 Å². The van der Waals surface area contributed by atoms with E-state index in [1.807, 2.05) is 24.3 Å². The van der Waals surface area contributed by atoms with Gasteiger partial charge in [0.1, 0.15) is 0 Å². The predicted octanol–water partition coefficient (Wildman–Crippen LogP) is 6.17. The van der Waals surface area contributed by atoms with E-state index < -0.39 is 0 Å². The average molecular weight is 337 g/mol. The lowest BCUT2D eigenvalue weighted by Crippen LogP contribution is -1.80. The van der Waals surface area contributed by atoms with Crippen molar-refractivity contribution >= 4 is 48.8 Å². The first-order valence-corrected chi connectivity index (χ1v) is 8.70. The zero-order valence-electron chi connectivity index (χ0n) is 11.3. The molecule has 0 saturated carbocycles. The first-order valence-electron chi connectivity index (χ1n) is 6.17. The van der Waals surface area contributed by atoms with Crippen molar-refractivity contribution in [3.8, 4) is 0 Å². The molecule has 0 aliphatic heterocycles. The molecule has 0 heterocycles. The summed E-state index contributed by atoms with van der Waals surface area (Å²) in [6, 6.07) is 16.6.